The van der Waals surface area contributed by atoms with Gasteiger partial charge in [-0.25, -0.2) is 0 Å². The van der Waals surface area contributed by atoms with Crippen LogP contribution in [0, 0.1) is 0 Å². The average Bonchev–Trinajstić information content (AvgIpc) is 3.36. The first-order chi connectivity index (χ1) is 16.6. The lowest BCUT2D eigenvalue weighted by molar-refractivity contribution is 0.590. The van der Waals surface area contributed by atoms with Gasteiger partial charge in [0.1, 0.15) is 7.14 Å². The van der Waals surface area contributed by atoms with Crippen LogP contribution in [0.25, 0.3) is 22.3 Å². The van der Waals surface area contributed by atoms with Gasteiger partial charge in [-0.15, -0.1) is 0 Å². The first-order valence-electron chi connectivity index (χ1n) is 11.7. The summed E-state index contributed by atoms with van der Waals surface area (Å²) in [6.07, 6.45) is 0. The molecule has 1 nitrogen and oxygen atoms in total. The van der Waals surface area contributed by atoms with E-state index in [0.29, 0.717) is 0 Å². The van der Waals surface area contributed by atoms with Crippen molar-refractivity contribution in [2.75, 3.05) is 6.66 Å². The van der Waals surface area contributed by atoms with Gasteiger partial charge in [-0.2, -0.15) is 0 Å². The molecule has 0 radical (unpaired) electrons. The van der Waals surface area contributed by atoms with Crippen LogP contribution in [0.2, 0.25) is 0 Å². The second kappa shape index (κ2) is 6.92. The molecular formula is C32H23OP. The first-order valence-corrected chi connectivity index (χ1v) is 13.9. The topological polar surface area (TPSA) is 17.1 Å². The minimum atomic E-state index is -2.75. The molecule has 5 aromatic rings. The zero-order valence-corrected chi connectivity index (χ0v) is 19.8. The van der Waals surface area contributed by atoms with E-state index < -0.39 is 12.6 Å². The molecule has 1 spiro atoms. The Balaban J connectivity index is 1.59. The highest BCUT2D eigenvalue weighted by Gasteiger charge is 2.51. The summed E-state index contributed by atoms with van der Waals surface area (Å²) in [5, 5.41) is 1.80. The summed E-state index contributed by atoms with van der Waals surface area (Å²) in [5.41, 5.74) is 9.84. The van der Waals surface area contributed by atoms with Gasteiger partial charge in [0.25, 0.3) is 0 Å². The lowest BCUT2D eigenvalue weighted by Gasteiger charge is -2.31. The maximum atomic E-state index is 14.2. The summed E-state index contributed by atoms with van der Waals surface area (Å²) in [6.45, 7) is 1.90. The summed E-state index contributed by atoms with van der Waals surface area (Å²) in [5.74, 6) is 0. The predicted octanol–water partition coefficient (Wildman–Crippen LogP) is 6.97. The summed E-state index contributed by atoms with van der Waals surface area (Å²) in [7, 11) is -2.75. The van der Waals surface area contributed by atoms with Crippen LogP contribution in [0.5, 0.6) is 0 Å². The normalized spacial score (nSPS) is 15.8. The van der Waals surface area contributed by atoms with Gasteiger partial charge >= 0.3 is 0 Å². The van der Waals surface area contributed by atoms with Crippen molar-refractivity contribution in [2.45, 2.75) is 5.41 Å². The van der Waals surface area contributed by atoms with Crippen molar-refractivity contribution >= 4 is 17.8 Å². The van der Waals surface area contributed by atoms with E-state index in [4.69, 9.17) is 0 Å². The van der Waals surface area contributed by atoms with E-state index in [2.05, 4.69) is 91.0 Å². The predicted molar refractivity (Wildman–Crippen MR) is 142 cm³/mol. The fourth-order valence-corrected chi connectivity index (χ4v) is 7.98. The van der Waals surface area contributed by atoms with Gasteiger partial charge < -0.3 is 4.57 Å². The van der Waals surface area contributed by atoms with Crippen LogP contribution in [0.3, 0.4) is 0 Å². The molecule has 0 saturated carbocycles. The minimum Gasteiger partial charge on any atom is -0.314 e. The van der Waals surface area contributed by atoms with E-state index in [-0.39, 0.29) is 0 Å². The number of benzene rings is 5. The largest absolute Gasteiger partial charge is 0.314 e. The molecule has 1 atom stereocenters. The Labute approximate surface area is 200 Å². The van der Waals surface area contributed by atoms with Gasteiger partial charge in [0.15, 0.2) is 0 Å². The molecule has 2 heteroatoms. The van der Waals surface area contributed by atoms with E-state index in [1.807, 2.05) is 37.0 Å². The number of hydrogen-bond donors (Lipinski definition) is 0. The second-order valence-corrected chi connectivity index (χ2v) is 12.3. The van der Waals surface area contributed by atoms with E-state index in [1.54, 1.807) is 0 Å². The van der Waals surface area contributed by atoms with E-state index in [0.717, 1.165) is 10.6 Å². The van der Waals surface area contributed by atoms with Crippen LogP contribution in [-0.2, 0) is 9.98 Å². The molecule has 1 unspecified atom stereocenters. The molecule has 7 rings (SSSR count). The molecule has 2 aliphatic rings. The first kappa shape index (κ1) is 19.8. The van der Waals surface area contributed by atoms with E-state index in [9.17, 15) is 4.57 Å². The summed E-state index contributed by atoms with van der Waals surface area (Å²) in [6, 6.07) is 42.7. The highest BCUT2D eigenvalue weighted by atomic mass is 31.2. The Morgan fingerprint density at radius 3 is 1.44 bits per heavy atom. The van der Waals surface area contributed by atoms with Crippen LogP contribution < -0.4 is 10.6 Å². The average molecular weight is 455 g/mol. The zero-order chi connectivity index (χ0) is 22.9. The standard InChI is InChI=1S/C32H23OP/c1-34(33,22-11-3-2-4-12-22)23-19-20-27-26-15-7-10-18-30(26)32(31(27)21-23)28-16-8-5-13-24(28)25-14-6-9-17-29(25)32/h2-21H,1H3. The van der Waals surface area contributed by atoms with Gasteiger partial charge in [0.2, 0.25) is 0 Å². The number of fused-ring (bicyclic) bond motifs is 10. The molecule has 0 saturated heterocycles. The molecule has 0 bridgehead atoms. The van der Waals surface area contributed by atoms with Crippen molar-refractivity contribution < 1.29 is 4.57 Å². The van der Waals surface area contributed by atoms with Gasteiger partial charge in [0.05, 0.1) is 5.41 Å². The van der Waals surface area contributed by atoms with Gasteiger partial charge in [-0.05, 0) is 57.2 Å². The molecule has 0 aliphatic heterocycles. The van der Waals surface area contributed by atoms with Gasteiger partial charge in [0, 0.05) is 10.6 Å². The van der Waals surface area contributed by atoms with Gasteiger partial charge in [-0.1, -0.05) is 115 Å². The Hall–Kier alpha value is -3.67. The molecule has 5 aromatic carbocycles. The zero-order valence-electron chi connectivity index (χ0n) is 18.9. The molecular weight excluding hydrogens is 431 g/mol. The molecule has 162 valence electrons. The molecule has 0 amide bonds. The Morgan fingerprint density at radius 2 is 0.912 bits per heavy atom. The van der Waals surface area contributed by atoms with E-state index >= 15 is 0 Å². The lowest BCUT2D eigenvalue weighted by atomic mass is 9.70. The third-order valence-electron chi connectivity index (χ3n) is 7.72. The van der Waals surface area contributed by atoms with Crippen molar-refractivity contribution in [3.63, 3.8) is 0 Å². The molecule has 2 aliphatic carbocycles. The fraction of sp³-hybridized carbons (Fsp3) is 0.0625. The molecule has 0 N–H and O–H groups in total. The van der Waals surface area contributed by atoms with Crippen molar-refractivity contribution in [1.29, 1.82) is 0 Å². The van der Waals surface area contributed by atoms with Crippen molar-refractivity contribution in [3.05, 3.63) is 144 Å². The third kappa shape index (κ3) is 2.38. The summed E-state index contributed by atoms with van der Waals surface area (Å²) >= 11 is 0. The molecule has 0 heterocycles. The van der Waals surface area contributed by atoms with Crippen LogP contribution >= 0.6 is 7.14 Å². The smallest absolute Gasteiger partial charge is 0.140 e. The number of hydrogen-bond acceptors (Lipinski definition) is 1. The summed E-state index contributed by atoms with van der Waals surface area (Å²) < 4.78 is 14.2. The molecule has 0 fully saturated rings. The SMILES string of the molecule is CP(=O)(c1ccccc1)c1ccc2c(c1)C1(c3ccccc3-c3ccccc31)c1ccccc1-2. The summed E-state index contributed by atoms with van der Waals surface area (Å²) in [4.78, 5) is 0. The maximum Gasteiger partial charge on any atom is 0.140 e. The Bertz CT molecular complexity index is 1580. The van der Waals surface area contributed by atoms with Crippen LogP contribution in [0.15, 0.2) is 121 Å². The second-order valence-electron chi connectivity index (χ2n) is 9.38. The van der Waals surface area contributed by atoms with Crippen molar-refractivity contribution in [2.24, 2.45) is 0 Å². The molecule has 34 heavy (non-hydrogen) atoms. The third-order valence-corrected chi connectivity index (χ3v) is 10.3. The maximum absolute atomic E-state index is 14.2. The highest BCUT2D eigenvalue weighted by molar-refractivity contribution is 7.78. The highest BCUT2D eigenvalue weighted by Crippen LogP contribution is 2.62. The lowest BCUT2D eigenvalue weighted by Crippen LogP contribution is -2.27. The Kier molecular flexibility index (Phi) is 4.02. The van der Waals surface area contributed by atoms with Crippen molar-refractivity contribution in [1.82, 2.24) is 0 Å². The molecule has 0 aromatic heterocycles. The van der Waals surface area contributed by atoms with Crippen LogP contribution in [-0.4, -0.2) is 6.66 Å². The van der Waals surface area contributed by atoms with Crippen molar-refractivity contribution in [3.8, 4) is 22.3 Å². The Morgan fingerprint density at radius 1 is 0.471 bits per heavy atom. The van der Waals surface area contributed by atoms with Gasteiger partial charge in [-0.3, -0.25) is 0 Å². The van der Waals surface area contributed by atoms with Crippen LogP contribution in [0.4, 0.5) is 0 Å². The fourth-order valence-electron chi connectivity index (χ4n) is 6.21. The van der Waals surface area contributed by atoms with E-state index in [1.165, 1.54) is 44.5 Å². The number of rotatable bonds is 2. The quantitative estimate of drug-likeness (QED) is 0.258. The minimum absolute atomic E-state index is 0.397. The van der Waals surface area contributed by atoms with Crippen LogP contribution in [0.1, 0.15) is 22.3 Å². The monoisotopic (exact) mass is 454 g/mol.